The number of nitrogens with zero attached hydrogens (tertiary/aromatic N) is 5. The van der Waals surface area contributed by atoms with Gasteiger partial charge in [-0.3, -0.25) is 9.69 Å². The van der Waals surface area contributed by atoms with E-state index in [1.165, 1.54) is 6.07 Å². The molecule has 3 aliphatic heterocycles. The van der Waals surface area contributed by atoms with Crippen molar-refractivity contribution in [2.75, 3.05) is 16.4 Å². The molecular formula is C31H32F3N5O4S. The number of anilines is 2. The number of aryl methyl sites for hydroxylation is 1. The Morgan fingerprint density at radius 2 is 1.91 bits per heavy atom. The van der Waals surface area contributed by atoms with Crippen LogP contribution in [0.2, 0.25) is 0 Å². The number of hydrogen-bond donors (Lipinski definition) is 1. The minimum absolute atomic E-state index is 0.0624. The van der Waals surface area contributed by atoms with E-state index in [1.807, 2.05) is 25.1 Å². The van der Waals surface area contributed by atoms with Gasteiger partial charge in [-0.15, -0.1) is 0 Å². The number of pyridine rings is 1. The zero-order valence-corrected chi connectivity index (χ0v) is 25.0. The third-order valence-electron chi connectivity index (χ3n) is 9.65. The Hall–Kier alpha value is -3.92. The molecule has 2 aromatic rings. The number of nitriles is 1. The number of ether oxygens (including phenoxy) is 1. The molecule has 4 heterocycles. The molecule has 232 valence electrons. The number of halogens is 3. The number of aromatic nitrogens is 1. The van der Waals surface area contributed by atoms with Gasteiger partial charge in [-0.05, 0) is 106 Å². The topological polar surface area (TPSA) is 110 Å². The van der Waals surface area contributed by atoms with Gasteiger partial charge in [0.2, 0.25) is 0 Å². The van der Waals surface area contributed by atoms with Crippen molar-refractivity contribution in [3.05, 3.63) is 47.3 Å². The number of piperidine rings is 1. The first-order valence-electron chi connectivity index (χ1n) is 14.9. The predicted molar refractivity (Wildman–Crippen MR) is 158 cm³/mol. The lowest BCUT2D eigenvalue weighted by Crippen LogP contribution is -2.55. The van der Waals surface area contributed by atoms with Crippen molar-refractivity contribution in [1.82, 2.24) is 9.88 Å². The number of hydrogen-bond acceptors (Lipinski definition) is 6. The van der Waals surface area contributed by atoms with Crippen molar-refractivity contribution in [1.29, 1.82) is 5.26 Å². The molecule has 1 aromatic heterocycles. The maximum Gasteiger partial charge on any atom is 0.419 e. The van der Waals surface area contributed by atoms with Gasteiger partial charge >= 0.3 is 12.3 Å². The SMILES string of the molecule is CCc1cc(N2C(=S)N(c3cnc(C#N)c(C(F)(F)F)c3)C(=O)C23CCC3)ccc1OCC[C@H]1C[C@H]2CC[C@@H](C1)N2C(=O)O. The van der Waals surface area contributed by atoms with E-state index < -0.39 is 35.0 Å². The third kappa shape index (κ3) is 4.93. The van der Waals surface area contributed by atoms with Gasteiger partial charge in [0, 0.05) is 17.8 Å². The third-order valence-corrected chi connectivity index (χ3v) is 10.0. The van der Waals surface area contributed by atoms with Crippen molar-refractivity contribution in [2.45, 2.75) is 88.5 Å². The van der Waals surface area contributed by atoms with Crippen LogP contribution in [0.4, 0.5) is 29.3 Å². The lowest BCUT2D eigenvalue weighted by molar-refractivity contribution is -0.138. The van der Waals surface area contributed by atoms with Crippen LogP contribution in [0, 0.1) is 17.2 Å². The number of benzene rings is 1. The summed E-state index contributed by atoms with van der Waals surface area (Å²) in [6, 6.07) is 7.99. The van der Waals surface area contributed by atoms with E-state index in [0.717, 1.165) is 61.3 Å². The molecule has 13 heteroatoms. The van der Waals surface area contributed by atoms with E-state index in [0.29, 0.717) is 43.2 Å². The largest absolute Gasteiger partial charge is 0.493 e. The summed E-state index contributed by atoms with van der Waals surface area (Å²) in [6.07, 6.45) is 2.21. The maximum atomic E-state index is 13.8. The second-order valence-corrected chi connectivity index (χ2v) is 12.4. The van der Waals surface area contributed by atoms with Gasteiger partial charge in [-0.2, -0.15) is 18.4 Å². The van der Waals surface area contributed by atoms with Crippen LogP contribution in [-0.4, -0.2) is 56.3 Å². The molecule has 1 spiro atoms. The number of carbonyl (C=O) groups excluding carboxylic acids is 1. The molecular weight excluding hydrogens is 595 g/mol. The molecule has 2 amide bonds. The highest BCUT2D eigenvalue weighted by molar-refractivity contribution is 7.81. The molecule has 1 N–H and O–H groups in total. The van der Waals surface area contributed by atoms with Crippen LogP contribution in [0.5, 0.6) is 5.75 Å². The first kappa shape index (κ1) is 30.1. The van der Waals surface area contributed by atoms with E-state index in [-0.39, 0.29) is 22.9 Å². The highest BCUT2D eigenvalue weighted by atomic mass is 32.1. The lowest BCUT2D eigenvalue weighted by atomic mass is 9.75. The van der Waals surface area contributed by atoms with Crippen molar-refractivity contribution in [3.8, 4) is 11.8 Å². The highest BCUT2D eigenvalue weighted by Crippen LogP contribution is 2.49. The summed E-state index contributed by atoms with van der Waals surface area (Å²) in [6.45, 7) is 2.49. The molecule has 3 saturated heterocycles. The van der Waals surface area contributed by atoms with Gasteiger partial charge in [0.1, 0.15) is 17.4 Å². The van der Waals surface area contributed by atoms with Gasteiger partial charge in [0.25, 0.3) is 5.91 Å². The Morgan fingerprint density at radius 3 is 2.48 bits per heavy atom. The zero-order valence-electron chi connectivity index (χ0n) is 24.1. The van der Waals surface area contributed by atoms with Crippen LogP contribution >= 0.6 is 12.2 Å². The summed E-state index contributed by atoms with van der Waals surface area (Å²) in [4.78, 5) is 33.6. The van der Waals surface area contributed by atoms with Gasteiger partial charge in [-0.25, -0.2) is 9.78 Å². The summed E-state index contributed by atoms with van der Waals surface area (Å²) in [5.74, 6) is 0.707. The van der Waals surface area contributed by atoms with Crippen LogP contribution in [0.15, 0.2) is 30.5 Å². The van der Waals surface area contributed by atoms with Crippen LogP contribution in [0.25, 0.3) is 0 Å². The Morgan fingerprint density at radius 1 is 1.20 bits per heavy atom. The Labute approximate surface area is 258 Å². The molecule has 4 fully saturated rings. The molecule has 0 unspecified atom stereocenters. The minimum Gasteiger partial charge on any atom is -0.493 e. The monoisotopic (exact) mass is 627 g/mol. The number of fused-ring (bicyclic) bond motifs is 2. The predicted octanol–water partition coefficient (Wildman–Crippen LogP) is 6.29. The molecule has 2 bridgehead atoms. The fraction of sp³-hybridized carbons (Fsp3) is 0.516. The minimum atomic E-state index is -4.83. The van der Waals surface area contributed by atoms with E-state index in [9.17, 15) is 27.9 Å². The summed E-state index contributed by atoms with van der Waals surface area (Å²) < 4.78 is 47.3. The second kappa shape index (κ2) is 11.2. The quantitative estimate of drug-likeness (QED) is 0.357. The van der Waals surface area contributed by atoms with Gasteiger partial charge in [-0.1, -0.05) is 6.92 Å². The van der Waals surface area contributed by atoms with Crippen molar-refractivity contribution < 1.29 is 32.6 Å². The summed E-state index contributed by atoms with van der Waals surface area (Å²) in [5, 5.41) is 18.7. The summed E-state index contributed by atoms with van der Waals surface area (Å²) in [5.41, 5.74) is -1.55. The molecule has 1 aromatic carbocycles. The normalized spacial score (nSPS) is 24.1. The first-order valence-corrected chi connectivity index (χ1v) is 15.3. The first-order chi connectivity index (χ1) is 21.0. The van der Waals surface area contributed by atoms with Crippen LogP contribution in [0.3, 0.4) is 0 Å². The average molecular weight is 628 g/mol. The van der Waals surface area contributed by atoms with Gasteiger partial charge in [0.15, 0.2) is 10.8 Å². The van der Waals surface area contributed by atoms with Gasteiger partial charge in [0.05, 0.1) is 24.1 Å². The number of amides is 2. The summed E-state index contributed by atoms with van der Waals surface area (Å²) >= 11 is 5.74. The standard InChI is InChI=1S/C31H32F3N5O4S/c1-2-19-14-22(6-7-26(19)43-11-8-18-12-20-4-5-21(13-18)37(20)29(41)42)39-28(44)38(27(40)30(39)9-3-10-30)23-15-24(31(32,33)34)25(16-35)36-17-23/h6-7,14-15,17-18,20-21H,2-5,8-13H2,1H3,(H,41,42)/t18-,20+,21-. The lowest BCUT2D eigenvalue weighted by Gasteiger charge is -2.43. The van der Waals surface area contributed by atoms with Crippen molar-refractivity contribution in [2.24, 2.45) is 5.92 Å². The molecule has 1 saturated carbocycles. The zero-order chi connectivity index (χ0) is 31.4. The molecule has 6 rings (SSSR count). The fourth-order valence-corrected chi connectivity index (χ4v) is 7.85. The molecule has 3 atom stereocenters. The number of carboxylic acid groups (broad SMARTS) is 1. The molecule has 1 aliphatic carbocycles. The van der Waals surface area contributed by atoms with Crippen molar-refractivity contribution in [3.63, 3.8) is 0 Å². The van der Waals surface area contributed by atoms with Crippen molar-refractivity contribution >= 4 is 40.7 Å². The number of alkyl halides is 3. The average Bonchev–Trinajstić information content (AvgIpc) is 3.38. The van der Waals surface area contributed by atoms with E-state index in [2.05, 4.69) is 4.98 Å². The van der Waals surface area contributed by atoms with Gasteiger partial charge < -0.3 is 19.6 Å². The fourth-order valence-electron chi connectivity index (χ4n) is 7.38. The summed E-state index contributed by atoms with van der Waals surface area (Å²) in [7, 11) is 0. The van der Waals surface area contributed by atoms with E-state index in [1.54, 1.807) is 9.80 Å². The number of carbonyl (C=O) groups is 2. The smallest absolute Gasteiger partial charge is 0.419 e. The molecule has 44 heavy (non-hydrogen) atoms. The number of rotatable bonds is 7. The maximum absolute atomic E-state index is 13.8. The molecule has 9 nitrogen and oxygen atoms in total. The Kier molecular flexibility index (Phi) is 7.68. The van der Waals surface area contributed by atoms with E-state index >= 15 is 0 Å². The van der Waals surface area contributed by atoms with E-state index in [4.69, 9.17) is 22.2 Å². The van der Waals surface area contributed by atoms with Crippen LogP contribution in [-0.2, 0) is 17.4 Å². The second-order valence-electron chi connectivity index (χ2n) is 12.0. The van der Waals surface area contributed by atoms with Crippen LogP contribution < -0.4 is 14.5 Å². The Bertz CT molecular complexity index is 1540. The highest BCUT2D eigenvalue weighted by Gasteiger charge is 2.60. The molecule has 4 aliphatic rings. The number of thiocarbonyl (C=S) groups is 1. The Balaban J connectivity index is 1.20. The molecule has 0 radical (unpaired) electrons. The van der Waals surface area contributed by atoms with Crippen LogP contribution in [0.1, 0.15) is 75.1 Å².